The normalized spacial score (nSPS) is 13.5. The van der Waals surface area contributed by atoms with Crippen LogP contribution in [0.4, 0.5) is 0 Å². The highest BCUT2D eigenvalue weighted by atomic mass is 16.3. The van der Waals surface area contributed by atoms with Gasteiger partial charge < -0.3 is 10.2 Å². The number of allylic oxidation sites excluding steroid dienone is 1. The third-order valence-corrected chi connectivity index (χ3v) is 1.86. The highest BCUT2D eigenvalue weighted by Crippen LogP contribution is 2.35. The van der Waals surface area contributed by atoms with Crippen molar-refractivity contribution < 1.29 is 15.0 Å². The molecule has 0 atom stereocenters. The van der Waals surface area contributed by atoms with Crippen molar-refractivity contribution in [3.63, 3.8) is 0 Å². The molecule has 3 nitrogen and oxygen atoms in total. The Bertz CT molecular complexity index is 391. The van der Waals surface area contributed by atoms with Crippen molar-refractivity contribution in [1.29, 1.82) is 0 Å². The lowest BCUT2D eigenvalue weighted by molar-refractivity contribution is 0.105. The van der Waals surface area contributed by atoms with Crippen LogP contribution in [0.1, 0.15) is 15.9 Å². The lowest BCUT2D eigenvalue weighted by atomic mass is 10.1. The molecule has 0 fully saturated rings. The fourth-order valence-corrected chi connectivity index (χ4v) is 1.23. The molecule has 0 saturated carbocycles. The second kappa shape index (κ2) is 2.11. The zero-order valence-corrected chi connectivity index (χ0v) is 6.11. The van der Waals surface area contributed by atoms with Gasteiger partial charge in [-0.3, -0.25) is 4.79 Å². The van der Waals surface area contributed by atoms with Gasteiger partial charge in [0, 0.05) is 11.1 Å². The van der Waals surface area contributed by atoms with Gasteiger partial charge in [0.15, 0.2) is 17.3 Å². The van der Waals surface area contributed by atoms with Crippen LogP contribution in [0.15, 0.2) is 18.2 Å². The van der Waals surface area contributed by atoms with E-state index in [1.165, 1.54) is 24.3 Å². The van der Waals surface area contributed by atoms with E-state index in [1.807, 2.05) is 0 Å². The number of carbonyl (C=O) groups excluding carboxylic acids is 1. The lowest BCUT2D eigenvalue weighted by Crippen LogP contribution is -1.90. The van der Waals surface area contributed by atoms with E-state index in [0.29, 0.717) is 11.1 Å². The van der Waals surface area contributed by atoms with E-state index in [-0.39, 0.29) is 17.3 Å². The fraction of sp³-hybridized carbons (Fsp3) is 0. The molecule has 0 aliphatic heterocycles. The van der Waals surface area contributed by atoms with Gasteiger partial charge in [0.05, 0.1) is 0 Å². The standard InChI is InChI=1S/C9H6O3/c10-7-3-2-6-5(7)1-4-8(11)9(6)12/h1-4,11-12H. The van der Waals surface area contributed by atoms with Crippen LogP contribution in [0.25, 0.3) is 6.08 Å². The minimum Gasteiger partial charge on any atom is -0.504 e. The van der Waals surface area contributed by atoms with Crippen LogP contribution in [-0.2, 0) is 0 Å². The molecular weight excluding hydrogens is 156 g/mol. The first-order valence-corrected chi connectivity index (χ1v) is 3.47. The van der Waals surface area contributed by atoms with E-state index >= 15 is 0 Å². The first kappa shape index (κ1) is 6.91. The van der Waals surface area contributed by atoms with Gasteiger partial charge in [0.1, 0.15) is 0 Å². The third-order valence-electron chi connectivity index (χ3n) is 1.86. The summed E-state index contributed by atoms with van der Waals surface area (Å²) >= 11 is 0. The maximum Gasteiger partial charge on any atom is 0.186 e. The van der Waals surface area contributed by atoms with E-state index < -0.39 is 0 Å². The average molecular weight is 162 g/mol. The molecule has 1 aromatic rings. The molecule has 0 radical (unpaired) electrons. The van der Waals surface area contributed by atoms with E-state index in [2.05, 4.69) is 0 Å². The van der Waals surface area contributed by atoms with Crippen molar-refractivity contribution in [3.05, 3.63) is 29.3 Å². The van der Waals surface area contributed by atoms with Crippen molar-refractivity contribution in [2.75, 3.05) is 0 Å². The van der Waals surface area contributed by atoms with Crippen LogP contribution in [0.2, 0.25) is 0 Å². The number of phenols is 2. The molecule has 2 rings (SSSR count). The number of ketones is 1. The van der Waals surface area contributed by atoms with Gasteiger partial charge >= 0.3 is 0 Å². The average Bonchev–Trinajstić information content (AvgIpc) is 2.41. The SMILES string of the molecule is O=C1C=Cc2c1ccc(O)c2O. The molecule has 1 aliphatic carbocycles. The Labute approximate surface area is 68.6 Å². The zero-order valence-electron chi connectivity index (χ0n) is 6.11. The Kier molecular flexibility index (Phi) is 1.21. The maximum absolute atomic E-state index is 11.0. The Morgan fingerprint density at radius 1 is 1.08 bits per heavy atom. The van der Waals surface area contributed by atoms with Gasteiger partial charge in [-0.2, -0.15) is 0 Å². The number of carbonyl (C=O) groups is 1. The molecule has 2 N–H and O–H groups in total. The van der Waals surface area contributed by atoms with Crippen LogP contribution in [0, 0.1) is 0 Å². The summed E-state index contributed by atoms with van der Waals surface area (Å²) in [4.78, 5) is 11.0. The molecule has 0 saturated heterocycles. The zero-order chi connectivity index (χ0) is 8.72. The van der Waals surface area contributed by atoms with Crippen LogP contribution in [0.3, 0.4) is 0 Å². The summed E-state index contributed by atoms with van der Waals surface area (Å²) < 4.78 is 0. The number of aromatic hydroxyl groups is 2. The number of fused-ring (bicyclic) bond motifs is 1. The monoisotopic (exact) mass is 162 g/mol. The van der Waals surface area contributed by atoms with Crippen molar-refractivity contribution in [2.45, 2.75) is 0 Å². The van der Waals surface area contributed by atoms with Crippen molar-refractivity contribution in [3.8, 4) is 11.5 Å². The first-order chi connectivity index (χ1) is 5.70. The number of hydrogen-bond acceptors (Lipinski definition) is 3. The second-order valence-corrected chi connectivity index (χ2v) is 2.59. The molecule has 12 heavy (non-hydrogen) atoms. The summed E-state index contributed by atoms with van der Waals surface area (Å²) in [6.45, 7) is 0. The minimum absolute atomic E-state index is 0.139. The van der Waals surface area contributed by atoms with Gasteiger partial charge in [0.25, 0.3) is 0 Å². The molecule has 60 valence electrons. The molecule has 0 spiro atoms. The molecule has 0 unspecified atom stereocenters. The van der Waals surface area contributed by atoms with Crippen LogP contribution in [-0.4, -0.2) is 16.0 Å². The fourth-order valence-electron chi connectivity index (χ4n) is 1.23. The molecule has 0 amide bonds. The number of benzene rings is 1. The van der Waals surface area contributed by atoms with E-state index in [9.17, 15) is 9.90 Å². The summed E-state index contributed by atoms with van der Waals surface area (Å²) in [7, 11) is 0. The quantitative estimate of drug-likeness (QED) is 0.565. The second-order valence-electron chi connectivity index (χ2n) is 2.59. The number of phenolic OH excluding ortho intramolecular Hbond substituents is 2. The van der Waals surface area contributed by atoms with Crippen LogP contribution < -0.4 is 0 Å². The third kappa shape index (κ3) is 0.733. The van der Waals surface area contributed by atoms with Crippen molar-refractivity contribution in [2.24, 2.45) is 0 Å². The van der Waals surface area contributed by atoms with E-state index in [4.69, 9.17) is 5.11 Å². The molecule has 1 aromatic carbocycles. The summed E-state index contributed by atoms with van der Waals surface area (Å²) in [6, 6.07) is 2.80. The molecular formula is C9H6O3. The Morgan fingerprint density at radius 3 is 2.58 bits per heavy atom. The summed E-state index contributed by atoms with van der Waals surface area (Å²) in [5.74, 6) is -0.567. The Morgan fingerprint density at radius 2 is 1.83 bits per heavy atom. The summed E-state index contributed by atoms with van der Waals surface area (Å²) in [5, 5.41) is 18.4. The maximum atomic E-state index is 11.0. The molecule has 1 aliphatic rings. The van der Waals surface area contributed by atoms with Crippen molar-refractivity contribution in [1.82, 2.24) is 0 Å². The lowest BCUT2D eigenvalue weighted by Gasteiger charge is -2.01. The molecule has 0 aromatic heterocycles. The summed E-state index contributed by atoms with van der Waals surface area (Å²) in [5.41, 5.74) is 0.838. The van der Waals surface area contributed by atoms with E-state index in [0.717, 1.165) is 0 Å². The van der Waals surface area contributed by atoms with Gasteiger partial charge in [0.2, 0.25) is 0 Å². The number of hydrogen-bond donors (Lipinski definition) is 2. The summed E-state index contributed by atoms with van der Waals surface area (Å²) in [6.07, 6.45) is 2.86. The van der Waals surface area contributed by atoms with Gasteiger partial charge in [-0.25, -0.2) is 0 Å². The Balaban J connectivity index is 2.75. The highest BCUT2D eigenvalue weighted by Gasteiger charge is 2.18. The molecule has 0 heterocycles. The smallest absolute Gasteiger partial charge is 0.186 e. The largest absolute Gasteiger partial charge is 0.504 e. The van der Waals surface area contributed by atoms with Crippen LogP contribution in [0.5, 0.6) is 11.5 Å². The van der Waals surface area contributed by atoms with Crippen molar-refractivity contribution >= 4 is 11.9 Å². The Hall–Kier alpha value is -1.77. The van der Waals surface area contributed by atoms with Crippen LogP contribution >= 0.6 is 0 Å². The van der Waals surface area contributed by atoms with E-state index in [1.54, 1.807) is 0 Å². The predicted molar refractivity (Wildman–Crippen MR) is 43.1 cm³/mol. The predicted octanol–water partition coefficient (Wildman–Crippen LogP) is 1.31. The van der Waals surface area contributed by atoms with Gasteiger partial charge in [-0.05, 0) is 24.3 Å². The minimum atomic E-state index is -0.227. The highest BCUT2D eigenvalue weighted by molar-refractivity contribution is 6.14. The van der Waals surface area contributed by atoms with Gasteiger partial charge in [-0.15, -0.1) is 0 Å². The molecule has 0 bridgehead atoms. The number of rotatable bonds is 0. The van der Waals surface area contributed by atoms with Gasteiger partial charge in [-0.1, -0.05) is 0 Å². The molecule has 3 heteroatoms. The topological polar surface area (TPSA) is 57.5 Å². The first-order valence-electron chi connectivity index (χ1n) is 3.47.